The van der Waals surface area contributed by atoms with Gasteiger partial charge in [0.25, 0.3) is 0 Å². The first-order chi connectivity index (χ1) is 8.25. The lowest BCUT2D eigenvalue weighted by Crippen LogP contribution is -1.99. The van der Waals surface area contributed by atoms with Gasteiger partial charge in [0.2, 0.25) is 0 Å². The highest BCUT2D eigenvalue weighted by molar-refractivity contribution is 7.17. The molecule has 3 rings (SSSR count). The van der Waals surface area contributed by atoms with E-state index in [9.17, 15) is 5.11 Å². The summed E-state index contributed by atoms with van der Waals surface area (Å²) in [6.45, 7) is 2.02. The van der Waals surface area contributed by atoms with E-state index in [-0.39, 0.29) is 0 Å². The molecule has 0 saturated heterocycles. The van der Waals surface area contributed by atoms with Crippen LogP contribution in [0.15, 0.2) is 35.2 Å². The molecule has 3 aromatic heterocycles. The predicted octanol–water partition coefficient (Wildman–Crippen LogP) is 3.75. The Bertz CT molecular complexity index is 656. The Balaban J connectivity index is 2.06. The fourth-order valence-corrected chi connectivity index (χ4v) is 3.55. The van der Waals surface area contributed by atoms with E-state index < -0.39 is 6.10 Å². The van der Waals surface area contributed by atoms with E-state index in [0.29, 0.717) is 0 Å². The van der Waals surface area contributed by atoms with Crippen molar-refractivity contribution in [3.8, 4) is 0 Å². The third kappa shape index (κ3) is 1.88. The summed E-state index contributed by atoms with van der Waals surface area (Å²) in [5.74, 6) is 0. The van der Waals surface area contributed by atoms with Crippen LogP contribution < -0.4 is 0 Å². The third-order valence-corrected chi connectivity index (χ3v) is 4.71. The van der Waals surface area contributed by atoms with Gasteiger partial charge in [0.05, 0.1) is 10.2 Å². The molecule has 0 aliphatic heterocycles. The summed E-state index contributed by atoms with van der Waals surface area (Å²) in [4.78, 5) is 5.36. The van der Waals surface area contributed by atoms with Crippen molar-refractivity contribution < 1.29 is 5.11 Å². The zero-order chi connectivity index (χ0) is 11.8. The monoisotopic (exact) mass is 261 g/mol. The first-order valence-corrected chi connectivity index (χ1v) is 7.07. The molecule has 0 spiro atoms. The average molecular weight is 261 g/mol. The van der Waals surface area contributed by atoms with Crippen LogP contribution in [0.5, 0.6) is 0 Å². The Labute approximate surface area is 107 Å². The van der Waals surface area contributed by atoms with E-state index in [2.05, 4.69) is 4.98 Å². The molecule has 1 unspecified atom stereocenters. The quantitative estimate of drug-likeness (QED) is 0.762. The molecular formula is C13H11NOS2. The molecule has 1 atom stereocenters. The Hall–Kier alpha value is -1.23. The van der Waals surface area contributed by atoms with Crippen molar-refractivity contribution in [2.45, 2.75) is 13.0 Å². The van der Waals surface area contributed by atoms with Crippen molar-refractivity contribution in [2.24, 2.45) is 0 Å². The van der Waals surface area contributed by atoms with Crippen LogP contribution in [0, 0.1) is 6.92 Å². The molecule has 0 bridgehead atoms. The van der Waals surface area contributed by atoms with Crippen molar-refractivity contribution in [3.63, 3.8) is 0 Å². The van der Waals surface area contributed by atoms with Gasteiger partial charge in [-0.15, -0.1) is 22.7 Å². The number of aromatic nitrogens is 1. The van der Waals surface area contributed by atoms with Gasteiger partial charge in [-0.3, -0.25) is 4.98 Å². The standard InChI is InChI=1S/C13H11NOS2/c1-8-2-4-17-13(8)12(15)9-6-11-10(14-7-9)3-5-16-11/h2-7,12,15H,1H3. The van der Waals surface area contributed by atoms with Gasteiger partial charge in [-0.25, -0.2) is 0 Å². The van der Waals surface area contributed by atoms with E-state index in [1.165, 1.54) is 0 Å². The van der Waals surface area contributed by atoms with Crippen LogP contribution in [0.4, 0.5) is 0 Å². The van der Waals surface area contributed by atoms with Crippen molar-refractivity contribution in [3.05, 3.63) is 51.2 Å². The summed E-state index contributed by atoms with van der Waals surface area (Å²) in [5.41, 5.74) is 2.99. The van der Waals surface area contributed by atoms with Gasteiger partial charge in [0.1, 0.15) is 6.10 Å². The molecule has 2 nitrogen and oxygen atoms in total. The Morgan fingerprint density at radius 3 is 2.82 bits per heavy atom. The second kappa shape index (κ2) is 4.22. The number of rotatable bonds is 2. The highest BCUT2D eigenvalue weighted by Gasteiger charge is 2.15. The third-order valence-electron chi connectivity index (χ3n) is 2.79. The maximum Gasteiger partial charge on any atom is 0.115 e. The second-order valence-electron chi connectivity index (χ2n) is 3.94. The number of aliphatic hydroxyl groups is 1. The summed E-state index contributed by atoms with van der Waals surface area (Å²) >= 11 is 3.24. The fourth-order valence-electron chi connectivity index (χ4n) is 1.83. The Kier molecular flexibility index (Phi) is 2.70. The van der Waals surface area contributed by atoms with Crippen molar-refractivity contribution >= 4 is 32.9 Å². The van der Waals surface area contributed by atoms with Crippen LogP contribution >= 0.6 is 22.7 Å². The summed E-state index contributed by atoms with van der Waals surface area (Å²) in [6, 6.07) is 6.05. The van der Waals surface area contributed by atoms with Crippen LogP contribution in [-0.4, -0.2) is 10.1 Å². The number of aryl methyl sites for hydroxylation is 1. The highest BCUT2D eigenvalue weighted by Crippen LogP contribution is 2.31. The number of hydrogen-bond acceptors (Lipinski definition) is 4. The first kappa shape index (κ1) is 10.9. The van der Waals surface area contributed by atoms with Crippen molar-refractivity contribution in [1.82, 2.24) is 4.98 Å². The molecule has 0 aliphatic rings. The van der Waals surface area contributed by atoms with Crippen LogP contribution in [0.25, 0.3) is 10.2 Å². The molecule has 17 heavy (non-hydrogen) atoms. The van der Waals surface area contributed by atoms with E-state index in [1.54, 1.807) is 28.9 Å². The smallest absolute Gasteiger partial charge is 0.115 e. The Morgan fingerprint density at radius 2 is 2.06 bits per heavy atom. The lowest BCUT2D eigenvalue weighted by molar-refractivity contribution is 0.223. The zero-order valence-electron chi connectivity index (χ0n) is 9.25. The molecule has 0 saturated carbocycles. The average Bonchev–Trinajstić information content (AvgIpc) is 2.95. The van der Waals surface area contributed by atoms with Crippen LogP contribution in [-0.2, 0) is 0 Å². The molecule has 3 aromatic rings. The topological polar surface area (TPSA) is 33.1 Å². The number of fused-ring (bicyclic) bond motifs is 1. The molecule has 0 amide bonds. The fraction of sp³-hybridized carbons (Fsp3) is 0.154. The number of thiophene rings is 2. The normalized spacial score (nSPS) is 13.1. The zero-order valence-corrected chi connectivity index (χ0v) is 10.9. The van der Waals surface area contributed by atoms with Crippen molar-refractivity contribution in [2.75, 3.05) is 0 Å². The van der Waals surface area contributed by atoms with Crippen LogP contribution in [0.3, 0.4) is 0 Å². The molecule has 0 aromatic carbocycles. The van der Waals surface area contributed by atoms with E-state index >= 15 is 0 Å². The van der Waals surface area contributed by atoms with Crippen molar-refractivity contribution in [1.29, 1.82) is 0 Å². The lowest BCUT2D eigenvalue weighted by Gasteiger charge is -2.10. The Morgan fingerprint density at radius 1 is 1.24 bits per heavy atom. The molecule has 86 valence electrons. The van der Waals surface area contributed by atoms with Crippen LogP contribution in [0.1, 0.15) is 22.1 Å². The van der Waals surface area contributed by atoms with Gasteiger partial charge < -0.3 is 5.11 Å². The maximum atomic E-state index is 10.3. The first-order valence-electron chi connectivity index (χ1n) is 5.31. The minimum atomic E-state index is -0.561. The van der Waals surface area contributed by atoms with Gasteiger partial charge >= 0.3 is 0 Å². The van der Waals surface area contributed by atoms with E-state index in [1.807, 2.05) is 35.9 Å². The highest BCUT2D eigenvalue weighted by atomic mass is 32.1. The predicted molar refractivity (Wildman–Crippen MR) is 72.7 cm³/mol. The number of hydrogen-bond donors (Lipinski definition) is 1. The molecule has 1 N–H and O–H groups in total. The second-order valence-corrected chi connectivity index (χ2v) is 5.84. The van der Waals surface area contributed by atoms with Gasteiger partial charge in [-0.2, -0.15) is 0 Å². The SMILES string of the molecule is Cc1ccsc1C(O)c1cnc2ccsc2c1. The molecule has 0 fully saturated rings. The molecule has 3 heterocycles. The number of nitrogens with zero attached hydrogens (tertiary/aromatic N) is 1. The van der Waals surface area contributed by atoms with Gasteiger partial charge in [-0.05, 0) is 41.4 Å². The summed E-state index contributed by atoms with van der Waals surface area (Å²) in [5, 5.41) is 14.4. The molecule has 4 heteroatoms. The van der Waals surface area contributed by atoms with E-state index in [0.717, 1.165) is 26.2 Å². The summed E-state index contributed by atoms with van der Waals surface area (Å²) in [6.07, 6.45) is 1.20. The number of pyridine rings is 1. The summed E-state index contributed by atoms with van der Waals surface area (Å²) in [7, 11) is 0. The minimum absolute atomic E-state index is 0.561. The van der Waals surface area contributed by atoms with Gasteiger partial charge in [-0.1, -0.05) is 0 Å². The van der Waals surface area contributed by atoms with Gasteiger partial charge in [0.15, 0.2) is 0 Å². The maximum absolute atomic E-state index is 10.3. The molecule has 0 aliphatic carbocycles. The van der Waals surface area contributed by atoms with E-state index in [4.69, 9.17) is 0 Å². The molecular weight excluding hydrogens is 250 g/mol. The van der Waals surface area contributed by atoms with Gasteiger partial charge in [0, 0.05) is 16.6 Å². The van der Waals surface area contributed by atoms with Crippen LogP contribution in [0.2, 0.25) is 0 Å². The minimum Gasteiger partial charge on any atom is -0.383 e. The number of aliphatic hydroxyl groups excluding tert-OH is 1. The largest absolute Gasteiger partial charge is 0.383 e. The lowest BCUT2D eigenvalue weighted by atomic mass is 10.1. The summed E-state index contributed by atoms with van der Waals surface area (Å²) < 4.78 is 1.12. The molecule has 0 radical (unpaired) electrons.